The van der Waals surface area contributed by atoms with E-state index in [0.29, 0.717) is 10.1 Å². The monoisotopic (exact) mass is 266 g/mol. The molecule has 2 aromatic rings. The Bertz CT molecular complexity index is 547. The summed E-state index contributed by atoms with van der Waals surface area (Å²) >= 11 is 1.17. The molecule has 96 valence electrons. The summed E-state index contributed by atoms with van der Waals surface area (Å²) in [4.78, 5) is 4.72. The fourth-order valence-corrected chi connectivity index (χ4v) is 2.63. The smallest absolute Gasteiger partial charge is 0.261 e. The van der Waals surface area contributed by atoms with Crippen molar-refractivity contribution < 1.29 is 8.81 Å². The van der Waals surface area contributed by atoms with Crippen LogP contribution in [-0.2, 0) is 0 Å². The molecular formula is C13H15FN2OS. The topological polar surface area (TPSA) is 52.0 Å². The summed E-state index contributed by atoms with van der Waals surface area (Å²) < 4.78 is 19.3. The quantitative estimate of drug-likeness (QED) is 0.922. The molecule has 2 rings (SSSR count). The number of oxazole rings is 1. The van der Waals surface area contributed by atoms with Crippen molar-refractivity contribution in [1.29, 1.82) is 0 Å². The summed E-state index contributed by atoms with van der Waals surface area (Å²) in [6, 6.07) is 4.65. The summed E-state index contributed by atoms with van der Waals surface area (Å²) in [6.45, 7) is 5.52. The van der Waals surface area contributed by atoms with Crippen LogP contribution < -0.4 is 5.73 Å². The lowest BCUT2D eigenvalue weighted by Gasteiger charge is -2.11. The molecule has 3 nitrogen and oxygen atoms in total. The van der Waals surface area contributed by atoms with Crippen molar-refractivity contribution in [2.45, 2.75) is 36.9 Å². The van der Waals surface area contributed by atoms with Crippen molar-refractivity contribution in [2.24, 2.45) is 5.73 Å². The van der Waals surface area contributed by atoms with E-state index >= 15 is 0 Å². The summed E-state index contributed by atoms with van der Waals surface area (Å²) in [7, 11) is 0. The first-order valence-electron chi connectivity index (χ1n) is 5.65. The average Bonchev–Trinajstić information content (AvgIpc) is 2.60. The molecule has 0 aliphatic heterocycles. The average molecular weight is 266 g/mol. The number of halogens is 1. The first-order chi connectivity index (χ1) is 8.49. The van der Waals surface area contributed by atoms with Gasteiger partial charge in [-0.15, -0.1) is 0 Å². The van der Waals surface area contributed by atoms with Crippen molar-refractivity contribution in [2.75, 3.05) is 0 Å². The Balaban J connectivity index is 2.39. The SMILES string of the molecule is Cc1nc(Sc2c(F)cccc2[C@@H](C)N)oc1C. The number of hydrogen-bond donors (Lipinski definition) is 1. The standard InChI is InChI=1S/C13H15FN2OS/c1-7(15)10-5-4-6-11(14)12(10)18-13-16-8(2)9(3)17-13/h4-7H,15H2,1-3H3/t7-/m1/s1. The first kappa shape index (κ1) is 13.1. The van der Waals surface area contributed by atoms with Crippen LogP contribution in [0.15, 0.2) is 32.7 Å². The summed E-state index contributed by atoms with van der Waals surface area (Å²) in [5.74, 6) is 0.444. The number of aromatic nitrogens is 1. The van der Waals surface area contributed by atoms with Gasteiger partial charge < -0.3 is 10.2 Å². The van der Waals surface area contributed by atoms with E-state index in [2.05, 4.69) is 4.98 Å². The van der Waals surface area contributed by atoms with Gasteiger partial charge in [-0.3, -0.25) is 0 Å². The fourth-order valence-electron chi connectivity index (χ4n) is 1.57. The van der Waals surface area contributed by atoms with Crippen molar-refractivity contribution in [3.05, 3.63) is 41.0 Å². The Morgan fingerprint density at radius 2 is 2.11 bits per heavy atom. The van der Waals surface area contributed by atoms with Crippen LogP contribution >= 0.6 is 11.8 Å². The van der Waals surface area contributed by atoms with Crippen LogP contribution in [0.4, 0.5) is 4.39 Å². The zero-order chi connectivity index (χ0) is 13.3. The molecule has 0 radical (unpaired) electrons. The third-order valence-electron chi connectivity index (χ3n) is 2.69. The minimum atomic E-state index is -0.302. The third-order valence-corrected chi connectivity index (χ3v) is 3.67. The van der Waals surface area contributed by atoms with Crippen LogP contribution in [0.5, 0.6) is 0 Å². The fraction of sp³-hybridized carbons (Fsp3) is 0.308. The summed E-state index contributed by atoms with van der Waals surface area (Å²) in [6.07, 6.45) is 0. The molecule has 1 atom stereocenters. The van der Waals surface area contributed by atoms with Gasteiger partial charge in [0.25, 0.3) is 5.22 Å². The maximum Gasteiger partial charge on any atom is 0.261 e. The number of nitrogens with two attached hydrogens (primary N) is 1. The molecule has 2 N–H and O–H groups in total. The van der Waals surface area contributed by atoms with E-state index in [-0.39, 0.29) is 11.9 Å². The van der Waals surface area contributed by atoms with Gasteiger partial charge in [-0.25, -0.2) is 9.37 Å². The second-order valence-corrected chi connectivity index (χ2v) is 5.13. The van der Waals surface area contributed by atoms with E-state index in [1.165, 1.54) is 17.8 Å². The molecule has 0 saturated carbocycles. The van der Waals surface area contributed by atoms with E-state index in [1.807, 2.05) is 26.8 Å². The minimum Gasteiger partial charge on any atom is -0.436 e. The molecule has 1 aromatic carbocycles. The van der Waals surface area contributed by atoms with Crippen molar-refractivity contribution in [3.8, 4) is 0 Å². The van der Waals surface area contributed by atoms with E-state index in [9.17, 15) is 4.39 Å². The van der Waals surface area contributed by atoms with Gasteiger partial charge in [-0.2, -0.15) is 0 Å². The highest BCUT2D eigenvalue weighted by atomic mass is 32.2. The molecule has 0 unspecified atom stereocenters. The molecule has 0 spiro atoms. The molecule has 1 aromatic heterocycles. The van der Waals surface area contributed by atoms with Crippen LogP contribution in [0.25, 0.3) is 0 Å². The highest BCUT2D eigenvalue weighted by molar-refractivity contribution is 7.99. The van der Waals surface area contributed by atoms with Crippen LogP contribution in [0.1, 0.15) is 30.0 Å². The van der Waals surface area contributed by atoms with Crippen molar-refractivity contribution in [1.82, 2.24) is 4.98 Å². The minimum absolute atomic E-state index is 0.236. The van der Waals surface area contributed by atoms with E-state index < -0.39 is 0 Å². The Morgan fingerprint density at radius 1 is 1.39 bits per heavy atom. The van der Waals surface area contributed by atoms with Crippen LogP contribution in [0.2, 0.25) is 0 Å². The molecule has 5 heteroatoms. The lowest BCUT2D eigenvalue weighted by atomic mass is 10.1. The van der Waals surface area contributed by atoms with Crippen LogP contribution in [-0.4, -0.2) is 4.98 Å². The number of benzene rings is 1. The largest absolute Gasteiger partial charge is 0.436 e. The zero-order valence-corrected chi connectivity index (χ0v) is 11.3. The highest BCUT2D eigenvalue weighted by Crippen LogP contribution is 2.35. The Labute approximate surface area is 110 Å². The Morgan fingerprint density at radius 3 is 2.67 bits per heavy atom. The summed E-state index contributed by atoms with van der Waals surface area (Å²) in [5, 5.41) is 0.442. The van der Waals surface area contributed by atoms with E-state index in [4.69, 9.17) is 10.2 Å². The molecule has 18 heavy (non-hydrogen) atoms. The van der Waals surface area contributed by atoms with Crippen LogP contribution in [0, 0.1) is 19.7 Å². The molecule has 0 amide bonds. The van der Waals surface area contributed by atoms with Gasteiger partial charge >= 0.3 is 0 Å². The van der Waals surface area contributed by atoms with Gasteiger partial charge in [-0.1, -0.05) is 12.1 Å². The van der Waals surface area contributed by atoms with Crippen molar-refractivity contribution >= 4 is 11.8 Å². The predicted molar refractivity (Wildman–Crippen MR) is 69.1 cm³/mol. The molecule has 1 heterocycles. The van der Waals surface area contributed by atoms with Gasteiger partial charge in [0.15, 0.2) is 0 Å². The zero-order valence-electron chi connectivity index (χ0n) is 10.5. The highest BCUT2D eigenvalue weighted by Gasteiger charge is 2.16. The maximum atomic E-state index is 13.9. The number of nitrogens with zero attached hydrogens (tertiary/aromatic N) is 1. The second-order valence-electron chi connectivity index (χ2n) is 4.17. The third kappa shape index (κ3) is 2.57. The molecule has 0 bridgehead atoms. The normalized spacial score (nSPS) is 12.7. The number of hydrogen-bond acceptors (Lipinski definition) is 4. The Hall–Kier alpha value is -1.33. The molecule has 0 saturated heterocycles. The maximum absolute atomic E-state index is 13.9. The second kappa shape index (κ2) is 5.12. The van der Waals surface area contributed by atoms with Crippen molar-refractivity contribution in [3.63, 3.8) is 0 Å². The van der Waals surface area contributed by atoms with Gasteiger partial charge in [0.05, 0.1) is 10.6 Å². The number of rotatable bonds is 3. The van der Waals surface area contributed by atoms with Crippen LogP contribution in [0.3, 0.4) is 0 Å². The van der Waals surface area contributed by atoms with Gasteiger partial charge in [0, 0.05) is 6.04 Å². The molecule has 0 aliphatic rings. The molecular weight excluding hydrogens is 251 g/mol. The van der Waals surface area contributed by atoms with E-state index in [1.54, 1.807) is 6.07 Å². The number of aryl methyl sites for hydroxylation is 2. The van der Waals surface area contributed by atoms with Gasteiger partial charge in [0.1, 0.15) is 11.6 Å². The van der Waals surface area contributed by atoms with Gasteiger partial charge in [-0.05, 0) is 44.2 Å². The molecule has 0 aliphatic carbocycles. The van der Waals surface area contributed by atoms with Gasteiger partial charge in [0.2, 0.25) is 0 Å². The molecule has 0 fully saturated rings. The lowest BCUT2D eigenvalue weighted by molar-refractivity contribution is 0.430. The first-order valence-corrected chi connectivity index (χ1v) is 6.46. The summed E-state index contributed by atoms with van der Waals surface area (Å²) in [5.41, 5.74) is 7.41. The lowest BCUT2D eigenvalue weighted by Crippen LogP contribution is -2.07. The van der Waals surface area contributed by atoms with E-state index in [0.717, 1.165) is 17.0 Å². The predicted octanol–water partition coefficient (Wildman–Crippen LogP) is 3.60. The Kier molecular flexibility index (Phi) is 3.73.